The monoisotopic (exact) mass is 295 g/mol. The molecule has 0 N–H and O–H groups in total. The SMILES string of the molecule is N#C/C=C/[C@H]1CC[C@H](c2ccc(OC(F)(F)F)cc2)CC1. The van der Waals surface area contributed by atoms with Gasteiger partial charge in [0.2, 0.25) is 0 Å². The highest BCUT2D eigenvalue weighted by molar-refractivity contribution is 5.30. The van der Waals surface area contributed by atoms with E-state index >= 15 is 0 Å². The third-order valence-corrected chi connectivity index (χ3v) is 3.80. The summed E-state index contributed by atoms with van der Waals surface area (Å²) in [6, 6.07) is 8.14. The highest BCUT2D eigenvalue weighted by Gasteiger charge is 2.31. The van der Waals surface area contributed by atoms with Gasteiger partial charge in [0.15, 0.2) is 0 Å². The van der Waals surface area contributed by atoms with Crippen LogP contribution in [0.25, 0.3) is 0 Å². The summed E-state index contributed by atoms with van der Waals surface area (Å²) in [5, 5.41) is 8.50. The summed E-state index contributed by atoms with van der Waals surface area (Å²) in [5.41, 5.74) is 1.05. The Morgan fingerprint density at radius 3 is 2.24 bits per heavy atom. The standard InChI is InChI=1S/C16H16F3NO/c17-16(18,19)21-15-9-7-14(8-10-15)13-5-3-12(4-6-13)2-1-11-20/h1-2,7-10,12-13H,3-6H2/b2-1+/t12-,13-. The van der Waals surface area contributed by atoms with Gasteiger partial charge in [-0.3, -0.25) is 0 Å². The summed E-state index contributed by atoms with van der Waals surface area (Å²) in [6.45, 7) is 0. The highest BCUT2D eigenvalue weighted by Crippen LogP contribution is 2.37. The number of benzene rings is 1. The van der Waals surface area contributed by atoms with Crippen molar-refractivity contribution >= 4 is 0 Å². The number of rotatable bonds is 3. The second-order valence-electron chi connectivity index (χ2n) is 5.22. The molecule has 1 aromatic rings. The summed E-state index contributed by atoms with van der Waals surface area (Å²) >= 11 is 0. The van der Waals surface area contributed by atoms with Gasteiger partial charge in [-0.1, -0.05) is 18.2 Å². The van der Waals surface area contributed by atoms with Gasteiger partial charge in [-0.25, -0.2) is 0 Å². The average molecular weight is 295 g/mol. The van der Waals surface area contributed by atoms with Crippen molar-refractivity contribution < 1.29 is 17.9 Å². The molecule has 0 saturated heterocycles. The van der Waals surface area contributed by atoms with E-state index in [9.17, 15) is 13.2 Å². The predicted octanol–water partition coefficient (Wildman–Crippen LogP) is 4.94. The van der Waals surface area contributed by atoms with Crippen LogP contribution in [0.1, 0.15) is 37.2 Å². The third kappa shape index (κ3) is 4.82. The van der Waals surface area contributed by atoms with E-state index in [0.29, 0.717) is 11.8 Å². The van der Waals surface area contributed by atoms with Gasteiger partial charge in [-0.2, -0.15) is 5.26 Å². The van der Waals surface area contributed by atoms with Crippen LogP contribution in [0.15, 0.2) is 36.4 Å². The molecular formula is C16H16F3NO. The Labute approximate surface area is 121 Å². The topological polar surface area (TPSA) is 33.0 Å². The molecule has 0 bridgehead atoms. The number of ether oxygens (including phenoxy) is 1. The van der Waals surface area contributed by atoms with Crippen molar-refractivity contribution in [3.8, 4) is 11.8 Å². The van der Waals surface area contributed by atoms with E-state index in [1.165, 1.54) is 18.2 Å². The quantitative estimate of drug-likeness (QED) is 0.740. The largest absolute Gasteiger partial charge is 0.573 e. The normalized spacial score (nSPS) is 23.0. The molecule has 1 aromatic carbocycles. The van der Waals surface area contributed by atoms with Crippen molar-refractivity contribution in [2.45, 2.75) is 38.0 Å². The predicted molar refractivity (Wildman–Crippen MR) is 72.6 cm³/mol. The summed E-state index contributed by atoms with van der Waals surface area (Å²) in [5.74, 6) is 0.627. The number of allylic oxidation sites excluding steroid dienone is 2. The van der Waals surface area contributed by atoms with Crippen LogP contribution in [0.5, 0.6) is 5.75 Å². The molecule has 2 nitrogen and oxygen atoms in total. The first kappa shape index (κ1) is 15.4. The lowest BCUT2D eigenvalue weighted by molar-refractivity contribution is -0.274. The molecule has 112 valence electrons. The Balaban J connectivity index is 1.92. The summed E-state index contributed by atoms with van der Waals surface area (Å²) < 4.78 is 40.1. The number of nitrogens with zero attached hydrogens (tertiary/aromatic N) is 1. The number of hydrogen-bond donors (Lipinski definition) is 0. The zero-order chi connectivity index (χ0) is 15.3. The molecule has 0 heterocycles. The molecule has 1 aliphatic carbocycles. The summed E-state index contributed by atoms with van der Waals surface area (Å²) in [7, 11) is 0. The molecule has 1 fully saturated rings. The Kier molecular flexibility index (Phi) is 4.89. The van der Waals surface area contributed by atoms with Gasteiger partial charge in [0.1, 0.15) is 5.75 Å². The average Bonchev–Trinajstić information content (AvgIpc) is 2.45. The highest BCUT2D eigenvalue weighted by atomic mass is 19.4. The Bertz CT molecular complexity index is 520. The number of nitriles is 1. The maximum atomic E-state index is 12.1. The van der Waals surface area contributed by atoms with Crippen LogP contribution in [-0.2, 0) is 0 Å². The molecule has 1 aliphatic rings. The van der Waals surface area contributed by atoms with Crippen LogP contribution in [0.3, 0.4) is 0 Å². The summed E-state index contributed by atoms with van der Waals surface area (Å²) in [4.78, 5) is 0. The second-order valence-corrected chi connectivity index (χ2v) is 5.22. The molecule has 0 amide bonds. The van der Waals surface area contributed by atoms with Gasteiger partial charge in [-0.05, 0) is 55.2 Å². The van der Waals surface area contributed by atoms with Crippen molar-refractivity contribution in [1.29, 1.82) is 5.26 Å². The number of alkyl halides is 3. The maximum Gasteiger partial charge on any atom is 0.573 e. The van der Waals surface area contributed by atoms with Crippen LogP contribution in [0.2, 0.25) is 0 Å². The smallest absolute Gasteiger partial charge is 0.406 e. The van der Waals surface area contributed by atoms with Gasteiger partial charge < -0.3 is 4.74 Å². The van der Waals surface area contributed by atoms with E-state index in [4.69, 9.17) is 5.26 Å². The van der Waals surface area contributed by atoms with E-state index in [1.807, 2.05) is 12.1 Å². The van der Waals surface area contributed by atoms with Crippen LogP contribution < -0.4 is 4.74 Å². The molecule has 0 radical (unpaired) electrons. The van der Waals surface area contributed by atoms with E-state index in [1.54, 1.807) is 12.1 Å². The van der Waals surface area contributed by atoms with Crippen LogP contribution >= 0.6 is 0 Å². The molecule has 1 saturated carbocycles. The molecule has 0 unspecified atom stereocenters. The minimum atomic E-state index is -4.65. The lowest BCUT2D eigenvalue weighted by atomic mass is 9.78. The zero-order valence-corrected chi connectivity index (χ0v) is 11.4. The Hall–Kier alpha value is -1.96. The van der Waals surface area contributed by atoms with Gasteiger partial charge in [0, 0.05) is 6.08 Å². The van der Waals surface area contributed by atoms with E-state index < -0.39 is 6.36 Å². The second kappa shape index (κ2) is 6.66. The van der Waals surface area contributed by atoms with Crippen molar-refractivity contribution in [2.24, 2.45) is 5.92 Å². The fourth-order valence-corrected chi connectivity index (χ4v) is 2.77. The molecule has 21 heavy (non-hydrogen) atoms. The van der Waals surface area contributed by atoms with E-state index in [0.717, 1.165) is 31.2 Å². The molecule has 0 aromatic heterocycles. The number of halogens is 3. The van der Waals surface area contributed by atoms with Gasteiger partial charge in [0.05, 0.1) is 6.07 Å². The zero-order valence-electron chi connectivity index (χ0n) is 11.4. The van der Waals surface area contributed by atoms with Crippen LogP contribution in [0, 0.1) is 17.2 Å². The lowest BCUT2D eigenvalue weighted by Crippen LogP contribution is -2.17. The van der Waals surface area contributed by atoms with Crippen molar-refractivity contribution in [3.63, 3.8) is 0 Å². The molecule has 0 atom stereocenters. The van der Waals surface area contributed by atoms with Gasteiger partial charge in [-0.15, -0.1) is 13.2 Å². The number of hydrogen-bond acceptors (Lipinski definition) is 2. The fraction of sp³-hybridized carbons (Fsp3) is 0.438. The molecule has 0 aliphatic heterocycles. The molecule has 0 spiro atoms. The van der Waals surface area contributed by atoms with Gasteiger partial charge in [0.25, 0.3) is 0 Å². The van der Waals surface area contributed by atoms with Crippen molar-refractivity contribution in [3.05, 3.63) is 42.0 Å². The van der Waals surface area contributed by atoms with Crippen LogP contribution in [0.4, 0.5) is 13.2 Å². The third-order valence-electron chi connectivity index (χ3n) is 3.80. The Morgan fingerprint density at radius 2 is 1.71 bits per heavy atom. The van der Waals surface area contributed by atoms with Gasteiger partial charge >= 0.3 is 6.36 Å². The minimum Gasteiger partial charge on any atom is -0.406 e. The first-order valence-electron chi connectivity index (χ1n) is 6.90. The minimum absolute atomic E-state index is 0.183. The first-order valence-corrected chi connectivity index (χ1v) is 6.90. The lowest BCUT2D eigenvalue weighted by Gasteiger charge is -2.27. The van der Waals surface area contributed by atoms with Crippen molar-refractivity contribution in [2.75, 3.05) is 0 Å². The maximum absolute atomic E-state index is 12.1. The van der Waals surface area contributed by atoms with Crippen LogP contribution in [-0.4, -0.2) is 6.36 Å². The fourth-order valence-electron chi connectivity index (χ4n) is 2.77. The Morgan fingerprint density at radius 1 is 1.10 bits per heavy atom. The van der Waals surface area contributed by atoms with E-state index in [2.05, 4.69) is 4.74 Å². The van der Waals surface area contributed by atoms with Crippen molar-refractivity contribution in [1.82, 2.24) is 0 Å². The first-order chi connectivity index (χ1) is 9.98. The summed E-state index contributed by atoms with van der Waals surface area (Å²) in [6.07, 6.45) is 2.80. The molecule has 5 heteroatoms. The molecular weight excluding hydrogens is 279 g/mol. The van der Waals surface area contributed by atoms with E-state index in [-0.39, 0.29) is 5.75 Å². The molecule has 2 rings (SSSR count).